The van der Waals surface area contributed by atoms with E-state index < -0.39 is 0 Å². The highest BCUT2D eigenvalue weighted by molar-refractivity contribution is 7.10. The number of hydrogen-bond acceptors (Lipinski definition) is 5. The van der Waals surface area contributed by atoms with E-state index in [-0.39, 0.29) is 0 Å². The minimum atomic E-state index is 0.459. The van der Waals surface area contributed by atoms with Crippen LogP contribution >= 0.6 is 22.7 Å². The van der Waals surface area contributed by atoms with Crippen LogP contribution < -0.4 is 11.1 Å². The molecule has 5 heteroatoms. The van der Waals surface area contributed by atoms with Gasteiger partial charge in [0.15, 0.2) is 0 Å². The molecule has 3 nitrogen and oxygen atoms in total. The molecule has 2 aromatic heterocycles. The van der Waals surface area contributed by atoms with Gasteiger partial charge in [-0.2, -0.15) is 0 Å². The lowest BCUT2D eigenvalue weighted by Gasteiger charge is -2.09. The van der Waals surface area contributed by atoms with Crippen LogP contribution in [-0.4, -0.2) is 11.5 Å². The SMILES string of the molecule is CC(CNCc1sccc1N)c1nccs1. The van der Waals surface area contributed by atoms with E-state index in [0.717, 1.165) is 18.8 Å². The van der Waals surface area contributed by atoms with E-state index in [4.69, 9.17) is 5.73 Å². The third kappa shape index (κ3) is 2.81. The lowest BCUT2D eigenvalue weighted by Crippen LogP contribution is -2.19. The van der Waals surface area contributed by atoms with Gasteiger partial charge in [0.2, 0.25) is 0 Å². The zero-order valence-corrected chi connectivity index (χ0v) is 10.8. The van der Waals surface area contributed by atoms with Crippen molar-refractivity contribution in [3.05, 3.63) is 32.9 Å². The van der Waals surface area contributed by atoms with Crippen LogP contribution in [0.3, 0.4) is 0 Å². The van der Waals surface area contributed by atoms with Gasteiger partial charge in [-0.15, -0.1) is 22.7 Å². The van der Waals surface area contributed by atoms with Crippen molar-refractivity contribution in [1.82, 2.24) is 10.3 Å². The van der Waals surface area contributed by atoms with Crippen LogP contribution in [0.1, 0.15) is 22.7 Å². The number of anilines is 1. The predicted molar refractivity (Wildman–Crippen MR) is 71.0 cm³/mol. The Morgan fingerprint density at radius 1 is 1.44 bits per heavy atom. The van der Waals surface area contributed by atoms with Gasteiger partial charge in [-0.1, -0.05) is 6.92 Å². The number of nitrogens with one attached hydrogen (secondary N) is 1. The van der Waals surface area contributed by atoms with Crippen LogP contribution in [0.2, 0.25) is 0 Å². The number of thiophene rings is 1. The van der Waals surface area contributed by atoms with E-state index in [0.29, 0.717) is 5.92 Å². The van der Waals surface area contributed by atoms with Crippen molar-refractivity contribution >= 4 is 28.4 Å². The Morgan fingerprint density at radius 3 is 2.94 bits per heavy atom. The molecule has 2 heterocycles. The van der Waals surface area contributed by atoms with Crippen LogP contribution in [0.4, 0.5) is 5.69 Å². The first-order valence-corrected chi connectivity index (χ1v) is 6.95. The number of thiazole rings is 1. The molecular weight excluding hydrogens is 238 g/mol. The minimum absolute atomic E-state index is 0.459. The van der Waals surface area contributed by atoms with Gasteiger partial charge < -0.3 is 11.1 Å². The Labute approximate surface area is 103 Å². The number of hydrogen-bond donors (Lipinski definition) is 2. The first-order valence-electron chi connectivity index (χ1n) is 5.19. The van der Waals surface area contributed by atoms with Gasteiger partial charge in [-0.05, 0) is 11.4 Å². The van der Waals surface area contributed by atoms with Crippen LogP contribution in [0.5, 0.6) is 0 Å². The van der Waals surface area contributed by atoms with E-state index in [1.165, 1.54) is 9.88 Å². The second kappa shape index (κ2) is 5.43. The largest absolute Gasteiger partial charge is 0.398 e. The van der Waals surface area contributed by atoms with Crippen molar-refractivity contribution in [2.75, 3.05) is 12.3 Å². The number of nitrogen functional groups attached to an aromatic ring is 1. The molecule has 0 aliphatic heterocycles. The van der Waals surface area contributed by atoms with Crippen LogP contribution in [0, 0.1) is 0 Å². The molecule has 2 rings (SSSR count). The molecule has 2 aromatic rings. The summed E-state index contributed by atoms with van der Waals surface area (Å²) >= 11 is 3.41. The minimum Gasteiger partial charge on any atom is -0.398 e. The topological polar surface area (TPSA) is 50.9 Å². The van der Waals surface area contributed by atoms with Gasteiger partial charge >= 0.3 is 0 Å². The fourth-order valence-electron chi connectivity index (χ4n) is 1.46. The van der Waals surface area contributed by atoms with E-state index >= 15 is 0 Å². The number of nitrogens with two attached hydrogens (primary N) is 1. The number of nitrogens with zero attached hydrogens (tertiary/aromatic N) is 1. The third-order valence-corrected chi connectivity index (χ3v) is 4.33. The van der Waals surface area contributed by atoms with Crippen molar-refractivity contribution in [3.8, 4) is 0 Å². The molecule has 0 aliphatic rings. The molecule has 0 fully saturated rings. The quantitative estimate of drug-likeness (QED) is 0.861. The fraction of sp³-hybridized carbons (Fsp3) is 0.364. The molecule has 0 saturated carbocycles. The molecule has 0 spiro atoms. The maximum Gasteiger partial charge on any atom is 0.0965 e. The maximum atomic E-state index is 5.81. The molecule has 0 aromatic carbocycles. The molecule has 0 amide bonds. The summed E-state index contributed by atoms with van der Waals surface area (Å²) in [4.78, 5) is 5.52. The average molecular weight is 253 g/mol. The summed E-state index contributed by atoms with van der Waals surface area (Å²) in [5.74, 6) is 0.459. The average Bonchev–Trinajstić information content (AvgIpc) is 2.90. The predicted octanol–water partition coefficient (Wildman–Crippen LogP) is 2.68. The monoisotopic (exact) mass is 253 g/mol. The summed E-state index contributed by atoms with van der Waals surface area (Å²) < 4.78 is 0. The van der Waals surface area contributed by atoms with Crippen LogP contribution in [0.25, 0.3) is 0 Å². The van der Waals surface area contributed by atoms with Crippen molar-refractivity contribution in [1.29, 1.82) is 0 Å². The highest BCUT2D eigenvalue weighted by Gasteiger charge is 2.08. The molecule has 1 unspecified atom stereocenters. The van der Waals surface area contributed by atoms with Gasteiger partial charge in [-0.25, -0.2) is 4.98 Å². The first kappa shape index (κ1) is 11.6. The van der Waals surface area contributed by atoms with Gasteiger partial charge in [0.25, 0.3) is 0 Å². The fourth-order valence-corrected chi connectivity index (χ4v) is 2.93. The molecule has 1 atom stereocenters. The zero-order valence-electron chi connectivity index (χ0n) is 9.14. The molecule has 16 heavy (non-hydrogen) atoms. The first-order chi connectivity index (χ1) is 7.77. The Balaban J connectivity index is 1.78. The standard InChI is InChI=1S/C11H15N3S2/c1-8(11-14-3-5-16-11)6-13-7-10-9(12)2-4-15-10/h2-5,8,13H,6-7,12H2,1H3. The second-order valence-electron chi connectivity index (χ2n) is 3.70. The third-order valence-electron chi connectivity index (χ3n) is 2.39. The van der Waals surface area contributed by atoms with Crippen LogP contribution in [0.15, 0.2) is 23.0 Å². The Kier molecular flexibility index (Phi) is 3.93. The Bertz CT molecular complexity index is 422. The van der Waals surface area contributed by atoms with E-state index in [1.54, 1.807) is 22.7 Å². The summed E-state index contributed by atoms with van der Waals surface area (Å²) in [7, 11) is 0. The number of aromatic nitrogens is 1. The van der Waals surface area contributed by atoms with E-state index in [9.17, 15) is 0 Å². The lowest BCUT2D eigenvalue weighted by atomic mass is 10.2. The smallest absolute Gasteiger partial charge is 0.0965 e. The van der Waals surface area contributed by atoms with Crippen molar-refractivity contribution in [2.24, 2.45) is 0 Å². The molecule has 3 N–H and O–H groups in total. The second-order valence-corrected chi connectivity index (χ2v) is 5.63. The molecule has 0 saturated heterocycles. The van der Waals surface area contributed by atoms with Crippen molar-refractivity contribution < 1.29 is 0 Å². The number of rotatable bonds is 5. The van der Waals surface area contributed by atoms with Gasteiger partial charge in [0, 0.05) is 41.1 Å². The zero-order chi connectivity index (χ0) is 11.4. The van der Waals surface area contributed by atoms with Gasteiger partial charge in [0.05, 0.1) is 5.01 Å². The molecule has 0 aliphatic carbocycles. The molecular formula is C11H15N3S2. The summed E-state index contributed by atoms with van der Waals surface area (Å²) in [5.41, 5.74) is 6.70. The van der Waals surface area contributed by atoms with E-state index in [2.05, 4.69) is 17.2 Å². The molecule has 0 bridgehead atoms. The summed E-state index contributed by atoms with van der Waals surface area (Å²) in [6.45, 7) is 3.97. The van der Waals surface area contributed by atoms with Crippen molar-refractivity contribution in [2.45, 2.75) is 19.4 Å². The maximum absolute atomic E-state index is 5.81. The highest BCUT2D eigenvalue weighted by Crippen LogP contribution is 2.19. The summed E-state index contributed by atoms with van der Waals surface area (Å²) in [5, 5.41) is 8.64. The molecule has 0 radical (unpaired) electrons. The summed E-state index contributed by atoms with van der Waals surface area (Å²) in [6, 6.07) is 1.95. The Hall–Kier alpha value is -0.910. The van der Waals surface area contributed by atoms with Crippen molar-refractivity contribution in [3.63, 3.8) is 0 Å². The van der Waals surface area contributed by atoms with E-state index in [1.807, 2.05) is 23.0 Å². The molecule has 86 valence electrons. The highest BCUT2D eigenvalue weighted by atomic mass is 32.1. The van der Waals surface area contributed by atoms with Crippen LogP contribution in [-0.2, 0) is 6.54 Å². The lowest BCUT2D eigenvalue weighted by molar-refractivity contribution is 0.617. The summed E-state index contributed by atoms with van der Waals surface area (Å²) in [6.07, 6.45) is 1.85. The normalized spacial score (nSPS) is 12.8. The van der Waals surface area contributed by atoms with Gasteiger partial charge in [0.1, 0.15) is 0 Å². The van der Waals surface area contributed by atoms with Gasteiger partial charge in [-0.3, -0.25) is 0 Å². The Morgan fingerprint density at radius 2 is 2.31 bits per heavy atom.